The first-order valence-corrected chi connectivity index (χ1v) is 35.6. The number of nitrogens with one attached hydrogen (secondary N) is 9. The van der Waals surface area contributed by atoms with Crippen LogP contribution in [-0.4, -0.2) is 73.9 Å². The Kier molecular flexibility index (Phi) is 24.1. The van der Waals surface area contributed by atoms with Gasteiger partial charge in [-0.1, -0.05) is 115 Å². The minimum atomic E-state index is -3.55. The third-order valence-electron chi connectivity index (χ3n) is 17.9. The number of fused-ring (bicyclic) bond motifs is 5. The van der Waals surface area contributed by atoms with Gasteiger partial charge in [0.15, 0.2) is 0 Å². The highest BCUT2D eigenvalue weighted by Gasteiger charge is 2.23. The molecule has 23 heteroatoms. The van der Waals surface area contributed by atoms with E-state index in [1.807, 2.05) is 138 Å². The summed E-state index contributed by atoms with van der Waals surface area (Å²) in [5.41, 5.74) is 10.9. The van der Waals surface area contributed by atoms with Crippen molar-refractivity contribution in [3.8, 4) is 0 Å². The Morgan fingerprint density at radius 3 is 1.37 bits per heavy atom. The molecule has 15 rings (SSSR count). The standard InChI is InChI=1S/2C18H17FN2O.C17H15FN2O.C16H14FN3O.C15H13FN2O2S/c1-12(13-6-4-3-5-7-13)21(2)18(22)17-11-14-10-15(19)8-9-16(14)20-17;1-11-15-10-14(19)8-9-16(15)21-17(11)18(22)20-12(2)13-6-4-3-5-7-13;1-11(12-6-3-2-4-7-12)19-17(21)16-10-13-14(18)8-5-9-15(13)20-16;1-10(11-4-6-18-7-5-11)19-16(21)15-9-12-8-13(17)2-3-14(12)20-15;16-12-6-7-15-11(8-12)9-13(18-15)10-17-21(19,20)14-4-2-1-3-5-14/h3-12,20H,1-2H3;3-10,12,21H,1-2H3,(H,20,22);2-11,20H,1H3,(H,19,21);2-10,20H,1H3,(H,19,21);1-9,17-18H,10H2/t2*12-;11-;;/m000../s1. The molecule has 0 aliphatic heterocycles. The third kappa shape index (κ3) is 19.2. The molecule has 0 radical (unpaired) electrons. The van der Waals surface area contributed by atoms with E-state index in [-0.39, 0.29) is 88.3 Å². The largest absolute Gasteiger partial charge is 0.357 e. The van der Waals surface area contributed by atoms with Gasteiger partial charge in [-0.25, -0.2) is 35.1 Å². The minimum absolute atomic E-state index is 0.0446. The van der Waals surface area contributed by atoms with Crippen LogP contribution in [-0.2, 0) is 16.6 Å². The molecule has 15 aromatic rings. The van der Waals surface area contributed by atoms with Crippen LogP contribution in [0.3, 0.4) is 0 Å². The maximum absolute atomic E-state index is 13.6. The number of aryl methyl sites for hydroxylation is 1. The molecule has 0 fully saturated rings. The molecule has 0 saturated heterocycles. The van der Waals surface area contributed by atoms with Gasteiger partial charge in [0.1, 0.15) is 51.9 Å². The number of aromatic nitrogens is 6. The van der Waals surface area contributed by atoms with Crippen LogP contribution in [0.5, 0.6) is 0 Å². The molecule has 6 heterocycles. The van der Waals surface area contributed by atoms with E-state index in [1.54, 1.807) is 97.1 Å². The van der Waals surface area contributed by atoms with Crippen LogP contribution in [0, 0.1) is 36.0 Å². The molecular weight excluding hydrogens is 1390 g/mol. The molecule has 4 amide bonds. The summed E-state index contributed by atoms with van der Waals surface area (Å²) in [6, 6.07) is 69.8. The maximum atomic E-state index is 13.6. The van der Waals surface area contributed by atoms with Crippen LogP contribution in [0.1, 0.15) is 127 Å². The summed E-state index contributed by atoms with van der Waals surface area (Å²) in [6.07, 6.45) is 3.37. The lowest BCUT2D eigenvalue weighted by molar-refractivity contribution is 0.0736. The molecule has 17 nitrogen and oxygen atoms in total. The lowest BCUT2D eigenvalue weighted by Crippen LogP contribution is -2.29. The van der Waals surface area contributed by atoms with Gasteiger partial charge in [-0.2, -0.15) is 0 Å². The molecule has 0 spiro atoms. The number of rotatable bonds is 16. The van der Waals surface area contributed by atoms with Crippen molar-refractivity contribution >= 4 is 88.2 Å². The van der Waals surface area contributed by atoms with Gasteiger partial charge < -0.3 is 45.8 Å². The highest BCUT2D eigenvalue weighted by atomic mass is 32.2. The Morgan fingerprint density at radius 2 is 0.841 bits per heavy atom. The van der Waals surface area contributed by atoms with E-state index in [0.717, 1.165) is 55.3 Å². The number of sulfonamides is 1. The Hall–Kier alpha value is -12.7. The average Bonchev–Trinajstić information content (AvgIpc) is 1.66. The predicted octanol–water partition coefficient (Wildman–Crippen LogP) is 18.0. The van der Waals surface area contributed by atoms with E-state index in [4.69, 9.17) is 0 Å². The number of H-pyrrole nitrogens is 5. The Balaban J connectivity index is 0.000000133. The maximum Gasteiger partial charge on any atom is 0.270 e. The molecule has 1 unspecified atom stereocenters. The van der Waals surface area contributed by atoms with Crippen molar-refractivity contribution in [2.24, 2.45) is 0 Å². The second kappa shape index (κ2) is 34.2. The fourth-order valence-electron chi connectivity index (χ4n) is 11.8. The number of nitrogens with zero attached hydrogens (tertiary/aromatic N) is 2. The number of hydrogen-bond donors (Lipinski definition) is 9. The van der Waals surface area contributed by atoms with Gasteiger partial charge in [-0.05, 0) is 196 Å². The van der Waals surface area contributed by atoms with Crippen molar-refractivity contribution in [1.82, 2.24) is 55.5 Å². The SMILES string of the molecule is CC(NC(=O)c1cc2cc(F)ccc2[nH]1)c1ccncc1.C[C@@H](c1ccccc1)N(C)C(=O)c1cc2cc(F)ccc2[nH]1.C[C@H](NC(=O)c1cc2c(F)cccc2[nH]1)c1ccccc1.Cc1c(C(=O)N[C@@H](C)c2ccccc2)[nH]c2ccc(F)cc12.O=S(=O)(NCc1cc2cc(F)ccc2[nH]1)c1ccccc1. The smallest absolute Gasteiger partial charge is 0.270 e. The zero-order valence-electron chi connectivity index (χ0n) is 59.0. The zero-order valence-corrected chi connectivity index (χ0v) is 59.8. The van der Waals surface area contributed by atoms with E-state index in [0.29, 0.717) is 55.5 Å². The Bertz CT molecular complexity index is 5700. The molecular formula is C84H76F5N11O6S. The highest BCUT2D eigenvalue weighted by molar-refractivity contribution is 7.89. The number of halogens is 5. The lowest BCUT2D eigenvalue weighted by Gasteiger charge is -2.24. The van der Waals surface area contributed by atoms with E-state index in [2.05, 4.69) is 50.6 Å². The monoisotopic (exact) mass is 1460 g/mol. The third-order valence-corrected chi connectivity index (χ3v) is 19.3. The summed E-state index contributed by atoms with van der Waals surface area (Å²) in [7, 11) is -1.78. The van der Waals surface area contributed by atoms with Crippen LogP contribution in [0.2, 0.25) is 0 Å². The van der Waals surface area contributed by atoms with Gasteiger partial charge in [0.2, 0.25) is 10.0 Å². The average molecular weight is 1460 g/mol. The number of carbonyl (C=O) groups is 4. The summed E-state index contributed by atoms with van der Waals surface area (Å²) in [5.74, 6) is -2.37. The van der Waals surface area contributed by atoms with Crippen LogP contribution in [0.15, 0.2) is 266 Å². The van der Waals surface area contributed by atoms with Crippen molar-refractivity contribution in [3.63, 3.8) is 0 Å². The first-order chi connectivity index (χ1) is 51.4. The predicted molar refractivity (Wildman–Crippen MR) is 408 cm³/mol. The molecule has 4 atom stereocenters. The van der Waals surface area contributed by atoms with Crippen molar-refractivity contribution in [1.29, 1.82) is 0 Å². The number of benzene rings is 9. The first kappa shape index (κ1) is 75.4. The fraction of sp³-hybridized carbons (Fsp3) is 0.131. The number of carbonyl (C=O) groups excluding carboxylic acids is 4. The van der Waals surface area contributed by atoms with Gasteiger partial charge in [0.05, 0.1) is 35.6 Å². The minimum Gasteiger partial charge on any atom is -0.357 e. The van der Waals surface area contributed by atoms with Gasteiger partial charge in [0, 0.05) is 79.6 Å². The van der Waals surface area contributed by atoms with Crippen molar-refractivity contribution in [2.45, 2.75) is 70.2 Å². The van der Waals surface area contributed by atoms with E-state index in [9.17, 15) is 49.5 Å². The van der Waals surface area contributed by atoms with Crippen LogP contribution < -0.4 is 20.7 Å². The number of pyridine rings is 1. The Morgan fingerprint density at radius 1 is 0.421 bits per heavy atom. The molecule has 9 N–H and O–H groups in total. The molecule has 9 aromatic carbocycles. The highest BCUT2D eigenvalue weighted by Crippen LogP contribution is 2.27. The van der Waals surface area contributed by atoms with E-state index < -0.39 is 10.0 Å². The quantitative estimate of drug-likeness (QED) is 0.0423. The normalized spacial score (nSPS) is 12.2. The summed E-state index contributed by atoms with van der Waals surface area (Å²) < 4.78 is 93.2. The number of amides is 4. The fourth-order valence-corrected chi connectivity index (χ4v) is 12.9. The Labute approximate surface area is 613 Å². The second-order valence-electron chi connectivity index (χ2n) is 25.4. The first-order valence-electron chi connectivity index (χ1n) is 34.1. The summed E-state index contributed by atoms with van der Waals surface area (Å²) >= 11 is 0. The number of aromatic amines is 5. The molecule has 0 aliphatic rings. The molecule has 0 aliphatic carbocycles. The summed E-state index contributed by atoms with van der Waals surface area (Å²) in [4.78, 5) is 70.5. The number of hydrogen-bond acceptors (Lipinski definition) is 7. The lowest BCUT2D eigenvalue weighted by atomic mass is 10.1. The van der Waals surface area contributed by atoms with Gasteiger partial charge in [-0.3, -0.25) is 24.2 Å². The van der Waals surface area contributed by atoms with Crippen LogP contribution >= 0.6 is 0 Å². The van der Waals surface area contributed by atoms with Crippen LogP contribution in [0.25, 0.3) is 54.5 Å². The molecule has 6 aromatic heterocycles. The van der Waals surface area contributed by atoms with Gasteiger partial charge >= 0.3 is 0 Å². The molecule has 0 saturated carbocycles. The van der Waals surface area contributed by atoms with E-state index >= 15 is 0 Å². The summed E-state index contributed by atoms with van der Waals surface area (Å²) in [5, 5.41) is 12.0. The van der Waals surface area contributed by atoms with Gasteiger partial charge in [-0.15, -0.1) is 0 Å². The molecule has 0 bridgehead atoms. The topological polar surface area (TPSA) is 246 Å². The van der Waals surface area contributed by atoms with Crippen LogP contribution in [0.4, 0.5) is 22.0 Å². The molecule has 107 heavy (non-hydrogen) atoms. The second-order valence-corrected chi connectivity index (χ2v) is 27.1. The van der Waals surface area contributed by atoms with E-state index in [1.165, 1.54) is 72.8 Å². The van der Waals surface area contributed by atoms with Crippen molar-refractivity contribution in [3.05, 3.63) is 346 Å². The van der Waals surface area contributed by atoms with Crippen molar-refractivity contribution in [2.75, 3.05) is 7.05 Å². The molecule has 544 valence electrons. The zero-order chi connectivity index (χ0) is 75.9. The van der Waals surface area contributed by atoms with Crippen molar-refractivity contribution < 1.29 is 49.5 Å². The van der Waals surface area contributed by atoms with Gasteiger partial charge in [0.25, 0.3) is 23.6 Å². The summed E-state index contributed by atoms with van der Waals surface area (Å²) in [6.45, 7) is 9.67.